The lowest BCUT2D eigenvalue weighted by atomic mass is 9.98. The third-order valence-corrected chi connectivity index (χ3v) is 7.78. The molecule has 1 spiro atoms. The average Bonchev–Trinajstić information content (AvgIpc) is 3.51. The molecule has 0 bridgehead atoms. The van der Waals surface area contributed by atoms with E-state index in [-0.39, 0.29) is 23.9 Å². The third-order valence-electron chi connectivity index (χ3n) is 6.64. The number of para-hydroxylation sites is 1. The van der Waals surface area contributed by atoms with Crippen LogP contribution < -0.4 is 5.32 Å². The topological polar surface area (TPSA) is 82.6 Å². The average molecular weight is 427 g/mol. The lowest BCUT2D eigenvalue weighted by Crippen LogP contribution is -2.44. The van der Waals surface area contributed by atoms with Gasteiger partial charge in [0.1, 0.15) is 10.5 Å². The molecule has 30 heavy (non-hydrogen) atoms. The number of hydrogen-bond acceptors (Lipinski definition) is 5. The predicted octanol–water partition coefficient (Wildman–Crippen LogP) is 3.60. The number of benzene rings is 1. The minimum absolute atomic E-state index is 0.0355. The number of nitrogens with one attached hydrogen (secondary N) is 1. The van der Waals surface area contributed by atoms with E-state index in [9.17, 15) is 14.4 Å². The summed E-state index contributed by atoms with van der Waals surface area (Å²) in [5.41, 5.74) is 0.310. The molecule has 158 valence electrons. The van der Waals surface area contributed by atoms with Gasteiger partial charge < -0.3 is 10.2 Å². The van der Waals surface area contributed by atoms with Crippen molar-refractivity contribution in [1.29, 1.82) is 0 Å². The third kappa shape index (κ3) is 3.27. The van der Waals surface area contributed by atoms with Gasteiger partial charge in [-0.25, -0.2) is 9.78 Å². The molecule has 4 amide bonds. The Morgan fingerprint density at radius 3 is 2.80 bits per heavy atom. The van der Waals surface area contributed by atoms with Gasteiger partial charge in [0.05, 0.1) is 16.3 Å². The van der Waals surface area contributed by atoms with E-state index >= 15 is 0 Å². The summed E-state index contributed by atoms with van der Waals surface area (Å²) in [5.74, 6) is -0.0228. The highest BCUT2D eigenvalue weighted by Crippen LogP contribution is 2.37. The molecule has 7 nitrogen and oxygen atoms in total. The number of carbonyl (C=O) groups excluding carboxylic acids is 3. The van der Waals surface area contributed by atoms with Crippen molar-refractivity contribution in [2.75, 3.05) is 13.1 Å². The van der Waals surface area contributed by atoms with E-state index in [1.807, 2.05) is 23.1 Å². The first kappa shape index (κ1) is 19.5. The lowest BCUT2D eigenvalue weighted by molar-refractivity contribution is -0.134. The number of likely N-dealkylation sites (tertiary alicyclic amines) is 1. The quantitative estimate of drug-likeness (QED) is 0.741. The fourth-order valence-electron chi connectivity index (χ4n) is 5.08. The number of fused-ring (bicyclic) bond motifs is 1. The Labute approximate surface area is 179 Å². The zero-order valence-corrected chi connectivity index (χ0v) is 17.7. The summed E-state index contributed by atoms with van der Waals surface area (Å²) in [6.07, 6.45) is 6.14. The lowest BCUT2D eigenvalue weighted by Gasteiger charge is -2.23. The Balaban J connectivity index is 1.20. The van der Waals surface area contributed by atoms with Crippen LogP contribution in [-0.2, 0) is 9.59 Å². The monoisotopic (exact) mass is 426 g/mol. The minimum atomic E-state index is -0.673. The molecule has 0 unspecified atom stereocenters. The Morgan fingerprint density at radius 2 is 2.00 bits per heavy atom. The number of rotatable bonds is 5. The molecule has 1 aromatic carbocycles. The Bertz CT molecular complexity index is 964. The van der Waals surface area contributed by atoms with Crippen LogP contribution in [0.25, 0.3) is 10.2 Å². The van der Waals surface area contributed by atoms with Gasteiger partial charge in [0, 0.05) is 19.5 Å². The SMILES string of the molecule is O=C1NC2(CCCC2)C(=O)N1CCCC(=O)N1CCC[C@H]1c1nc2ccccc2s1. The van der Waals surface area contributed by atoms with Crippen LogP contribution in [0.4, 0.5) is 4.79 Å². The number of urea groups is 1. The highest BCUT2D eigenvalue weighted by molar-refractivity contribution is 7.18. The van der Waals surface area contributed by atoms with Gasteiger partial charge in [-0.2, -0.15) is 0 Å². The Kier molecular flexibility index (Phi) is 4.97. The van der Waals surface area contributed by atoms with Gasteiger partial charge in [0.2, 0.25) is 5.91 Å². The van der Waals surface area contributed by atoms with Crippen molar-refractivity contribution >= 4 is 39.4 Å². The van der Waals surface area contributed by atoms with Crippen molar-refractivity contribution in [2.24, 2.45) is 0 Å². The van der Waals surface area contributed by atoms with Crippen LogP contribution in [0.1, 0.15) is 62.4 Å². The molecule has 0 radical (unpaired) electrons. The molecule has 1 aliphatic carbocycles. The fourth-order valence-corrected chi connectivity index (χ4v) is 6.20. The second-order valence-corrected chi connectivity index (χ2v) is 9.61. The van der Waals surface area contributed by atoms with E-state index in [0.717, 1.165) is 60.3 Å². The Morgan fingerprint density at radius 1 is 1.20 bits per heavy atom. The highest BCUT2D eigenvalue weighted by atomic mass is 32.1. The summed E-state index contributed by atoms with van der Waals surface area (Å²) in [4.78, 5) is 46.0. The van der Waals surface area contributed by atoms with Gasteiger partial charge in [0.25, 0.3) is 5.91 Å². The smallest absolute Gasteiger partial charge is 0.325 e. The van der Waals surface area contributed by atoms with Crippen molar-refractivity contribution in [1.82, 2.24) is 20.1 Å². The number of aromatic nitrogens is 1. The fraction of sp³-hybridized carbons (Fsp3) is 0.545. The van der Waals surface area contributed by atoms with Crippen molar-refractivity contribution < 1.29 is 14.4 Å². The molecule has 1 aromatic heterocycles. The van der Waals surface area contributed by atoms with Crippen LogP contribution >= 0.6 is 11.3 Å². The van der Waals surface area contributed by atoms with Crippen molar-refractivity contribution in [3.63, 3.8) is 0 Å². The zero-order chi connectivity index (χ0) is 20.7. The van der Waals surface area contributed by atoms with Gasteiger partial charge in [-0.05, 0) is 44.2 Å². The normalized spacial score (nSPS) is 23.1. The molecule has 8 heteroatoms. The molecule has 1 N–H and O–H groups in total. The van der Waals surface area contributed by atoms with Gasteiger partial charge in [-0.3, -0.25) is 14.5 Å². The van der Waals surface area contributed by atoms with Gasteiger partial charge in [-0.15, -0.1) is 11.3 Å². The summed E-state index contributed by atoms with van der Waals surface area (Å²) in [7, 11) is 0. The maximum atomic E-state index is 12.9. The number of nitrogens with zero attached hydrogens (tertiary/aromatic N) is 3. The first-order valence-corrected chi connectivity index (χ1v) is 11.7. The highest BCUT2D eigenvalue weighted by Gasteiger charge is 2.52. The molecule has 2 aliphatic heterocycles. The van der Waals surface area contributed by atoms with Crippen LogP contribution in [0.5, 0.6) is 0 Å². The molecule has 2 aromatic rings. The molecule has 2 saturated heterocycles. The maximum absolute atomic E-state index is 12.9. The molecule has 5 rings (SSSR count). The molecular formula is C22H26N4O3S. The number of imide groups is 1. The molecule has 1 saturated carbocycles. The number of carbonyl (C=O) groups is 3. The van der Waals surface area contributed by atoms with Crippen LogP contribution in [0.3, 0.4) is 0 Å². The van der Waals surface area contributed by atoms with Gasteiger partial charge >= 0.3 is 6.03 Å². The van der Waals surface area contributed by atoms with Crippen molar-refractivity contribution in [3.8, 4) is 0 Å². The molecule has 3 fully saturated rings. The summed E-state index contributed by atoms with van der Waals surface area (Å²) in [6.45, 7) is 1.05. The number of thiazole rings is 1. The second-order valence-electron chi connectivity index (χ2n) is 8.54. The van der Waals surface area contributed by atoms with Crippen LogP contribution in [0.2, 0.25) is 0 Å². The van der Waals surface area contributed by atoms with Crippen molar-refractivity contribution in [2.45, 2.75) is 62.9 Å². The zero-order valence-electron chi connectivity index (χ0n) is 16.9. The van der Waals surface area contributed by atoms with E-state index < -0.39 is 5.54 Å². The first-order valence-electron chi connectivity index (χ1n) is 10.9. The summed E-state index contributed by atoms with van der Waals surface area (Å²) < 4.78 is 1.14. The molecule has 3 aliphatic rings. The van der Waals surface area contributed by atoms with Crippen LogP contribution in [0.15, 0.2) is 24.3 Å². The first-order chi connectivity index (χ1) is 14.6. The van der Waals surface area contributed by atoms with E-state index in [0.29, 0.717) is 19.4 Å². The summed E-state index contributed by atoms with van der Waals surface area (Å²) >= 11 is 1.66. The molecule has 1 atom stereocenters. The second kappa shape index (κ2) is 7.65. The van der Waals surface area contributed by atoms with E-state index in [4.69, 9.17) is 4.98 Å². The number of hydrogen-bond donors (Lipinski definition) is 1. The van der Waals surface area contributed by atoms with Crippen LogP contribution in [-0.4, -0.2) is 51.3 Å². The van der Waals surface area contributed by atoms with E-state index in [1.54, 1.807) is 11.3 Å². The predicted molar refractivity (Wildman–Crippen MR) is 114 cm³/mol. The largest absolute Gasteiger partial charge is 0.333 e. The minimum Gasteiger partial charge on any atom is -0.333 e. The van der Waals surface area contributed by atoms with E-state index in [2.05, 4.69) is 11.4 Å². The maximum Gasteiger partial charge on any atom is 0.325 e. The summed E-state index contributed by atoms with van der Waals surface area (Å²) in [5, 5.41) is 3.90. The number of amides is 4. The van der Waals surface area contributed by atoms with E-state index in [1.165, 1.54) is 4.90 Å². The van der Waals surface area contributed by atoms with Crippen molar-refractivity contribution in [3.05, 3.63) is 29.3 Å². The summed E-state index contributed by atoms with van der Waals surface area (Å²) in [6, 6.07) is 7.79. The standard InChI is InChI=1S/C22H26N4O3S/c27-18(10-6-14-26-20(28)22(24-21(26)29)11-3-4-12-22)25-13-5-8-16(25)19-23-15-7-1-2-9-17(15)30-19/h1-2,7,9,16H,3-6,8,10-14H2,(H,24,29)/t16-/m0/s1. The molecular weight excluding hydrogens is 400 g/mol. The Hall–Kier alpha value is -2.48. The van der Waals surface area contributed by atoms with Gasteiger partial charge in [-0.1, -0.05) is 25.0 Å². The van der Waals surface area contributed by atoms with Crippen LogP contribution in [0, 0.1) is 0 Å². The molecule has 3 heterocycles. The van der Waals surface area contributed by atoms with Gasteiger partial charge in [0.15, 0.2) is 0 Å².